The first-order chi connectivity index (χ1) is 11.3. The molecule has 1 atom stereocenters. The Kier molecular flexibility index (Phi) is 6.04. The molecule has 0 spiro atoms. The summed E-state index contributed by atoms with van der Waals surface area (Å²) in [5.41, 5.74) is 0.365. The molecule has 1 amide bonds. The van der Waals surface area contributed by atoms with E-state index in [1.807, 2.05) is 0 Å². The Labute approximate surface area is 152 Å². The predicted molar refractivity (Wildman–Crippen MR) is 91.4 cm³/mol. The molecular formula is C16H11Cl3FNO3. The number of esters is 1. The highest BCUT2D eigenvalue weighted by atomic mass is 35.5. The van der Waals surface area contributed by atoms with Crippen molar-refractivity contribution < 1.29 is 18.7 Å². The normalized spacial score (nSPS) is 11.7. The highest BCUT2D eigenvalue weighted by Crippen LogP contribution is 2.24. The standard InChI is InChI=1S/C16H11Cl3FNO3/c1-8(15(22)21-14-5-3-10(20)7-13(14)19)24-16(23)9-2-4-11(17)12(18)6-9/h2-8H,1H3,(H,21,22)/t8-/m1/s1. The number of ether oxygens (including phenoxy) is 1. The van der Waals surface area contributed by atoms with E-state index in [1.165, 1.54) is 31.2 Å². The van der Waals surface area contributed by atoms with Gasteiger partial charge in [-0.25, -0.2) is 9.18 Å². The quantitative estimate of drug-likeness (QED) is 0.750. The highest BCUT2D eigenvalue weighted by Gasteiger charge is 2.20. The van der Waals surface area contributed by atoms with Crippen LogP contribution in [0, 0.1) is 5.82 Å². The molecule has 0 aliphatic carbocycles. The zero-order chi connectivity index (χ0) is 17.9. The van der Waals surface area contributed by atoms with Crippen molar-refractivity contribution in [3.05, 3.63) is 62.8 Å². The van der Waals surface area contributed by atoms with Crippen LogP contribution in [0.5, 0.6) is 0 Å². The van der Waals surface area contributed by atoms with Gasteiger partial charge < -0.3 is 10.1 Å². The number of carbonyl (C=O) groups is 2. The Hall–Kier alpha value is -1.82. The van der Waals surface area contributed by atoms with Crippen molar-refractivity contribution in [2.24, 2.45) is 0 Å². The van der Waals surface area contributed by atoms with E-state index in [1.54, 1.807) is 0 Å². The van der Waals surface area contributed by atoms with Gasteiger partial charge >= 0.3 is 5.97 Å². The lowest BCUT2D eigenvalue weighted by molar-refractivity contribution is -0.123. The van der Waals surface area contributed by atoms with Crippen LogP contribution in [0.4, 0.5) is 10.1 Å². The number of amides is 1. The van der Waals surface area contributed by atoms with Crippen molar-refractivity contribution >= 4 is 52.4 Å². The molecule has 0 saturated heterocycles. The maximum absolute atomic E-state index is 13.0. The summed E-state index contributed by atoms with van der Waals surface area (Å²) in [6, 6.07) is 7.73. The third kappa shape index (κ3) is 4.60. The van der Waals surface area contributed by atoms with Gasteiger partial charge in [0, 0.05) is 0 Å². The number of halogens is 4. The molecule has 0 heterocycles. The molecule has 2 aromatic carbocycles. The van der Waals surface area contributed by atoms with Crippen molar-refractivity contribution in [1.82, 2.24) is 0 Å². The van der Waals surface area contributed by atoms with Crippen LogP contribution in [0.1, 0.15) is 17.3 Å². The maximum Gasteiger partial charge on any atom is 0.338 e. The van der Waals surface area contributed by atoms with E-state index in [4.69, 9.17) is 39.5 Å². The van der Waals surface area contributed by atoms with Gasteiger partial charge in [-0.15, -0.1) is 0 Å². The van der Waals surface area contributed by atoms with Gasteiger partial charge in [-0.2, -0.15) is 0 Å². The van der Waals surface area contributed by atoms with E-state index in [0.717, 1.165) is 12.1 Å². The Morgan fingerprint density at radius 2 is 1.75 bits per heavy atom. The van der Waals surface area contributed by atoms with E-state index in [0.29, 0.717) is 5.02 Å². The first kappa shape index (κ1) is 18.5. The lowest BCUT2D eigenvalue weighted by Crippen LogP contribution is -2.30. The number of carbonyl (C=O) groups excluding carboxylic acids is 2. The molecule has 0 aliphatic heterocycles. The van der Waals surface area contributed by atoms with Gasteiger partial charge in [0.2, 0.25) is 0 Å². The van der Waals surface area contributed by atoms with Gasteiger partial charge in [0.1, 0.15) is 5.82 Å². The lowest BCUT2D eigenvalue weighted by atomic mass is 10.2. The molecule has 0 unspecified atom stereocenters. The Balaban J connectivity index is 2.02. The Morgan fingerprint density at radius 1 is 1.04 bits per heavy atom. The van der Waals surface area contributed by atoms with Crippen molar-refractivity contribution in [2.75, 3.05) is 5.32 Å². The minimum Gasteiger partial charge on any atom is -0.449 e. The van der Waals surface area contributed by atoms with Crippen LogP contribution >= 0.6 is 34.8 Å². The first-order valence-electron chi connectivity index (χ1n) is 6.70. The number of benzene rings is 2. The van der Waals surface area contributed by atoms with Gasteiger partial charge in [0.15, 0.2) is 6.10 Å². The number of hydrogen-bond acceptors (Lipinski definition) is 3. The summed E-state index contributed by atoms with van der Waals surface area (Å²) in [6.07, 6.45) is -1.10. The summed E-state index contributed by atoms with van der Waals surface area (Å²) in [4.78, 5) is 24.1. The summed E-state index contributed by atoms with van der Waals surface area (Å²) in [7, 11) is 0. The van der Waals surface area contributed by atoms with Gasteiger partial charge in [-0.05, 0) is 43.3 Å². The zero-order valence-electron chi connectivity index (χ0n) is 12.3. The highest BCUT2D eigenvalue weighted by molar-refractivity contribution is 6.42. The number of rotatable bonds is 4. The maximum atomic E-state index is 13.0. The molecule has 0 aliphatic rings. The van der Waals surface area contributed by atoms with E-state index in [9.17, 15) is 14.0 Å². The van der Waals surface area contributed by atoms with Crippen LogP contribution in [0.25, 0.3) is 0 Å². The second-order valence-electron chi connectivity index (χ2n) is 4.79. The lowest BCUT2D eigenvalue weighted by Gasteiger charge is -2.14. The monoisotopic (exact) mass is 389 g/mol. The van der Waals surface area contributed by atoms with Crippen LogP contribution in [0.15, 0.2) is 36.4 Å². The van der Waals surface area contributed by atoms with Crippen LogP contribution in [0.2, 0.25) is 15.1 Å². The van der Waals surface area contributed by atoms with E-state index >= 15 is 0 Å². The molecule has 1 N–H and O–H groups in total. The Morgan fingerprint density at radius 3 is 2.38 bits per heavy atom. The molecule has 0 fully saturated rings. The zero-order valence-corrected chi connectivity index (χ0v) is 14.5. The van der Waals surface area contributed by atoms with Crippen LogP contribution in [0.3, 0.4) is 0 Å². The average Bonchev–Trinajstić information content (AvgIpc) is 2.52. The molecule has 2 rings (SSSR count). The van der Waals surface area contributed by atoms with Crippen LogP contribution in [-0.2, 0) is 9.53 Å². The third-order valence-corrected chi connectivity index (χ3v) is 4.05. The summed E-state index contributed by atoms with van der Waals surface area (Å²) in [6.45, 7) is 1.39. The van der Waals surface area contributed by atoms with Gasteiger partial charge in [-0.3, -0.25) is 4.79 Å². The number of nitrogens with one attached hydrogen (secondary N) is 1. The first-order valence-corrected chi connectivity index (χ1v) is 7.83. The second-order valence-corrected chi connectivity index (χ2v) is 6.01. The second kappa shape index (κ2) is 7.83. The summed E-state index contributed by atoms with van der Waals surface area (Å²) >= 11 is 17.4. The summed E-state index contributed by atoms with van der Waals surface area (Å²) in [5.74, 6) is -1.88. The molecule has 0 saturated carbocycles. The average molecular weight is 391 g/mol. The fraction of sp³-hybridized carbons (Fsp3) is 0.125. The molecule has 0 aromatic heterocycles. The van der Waals surface area contributed by atoms with Crippen molar-refractivity contribution in [3.63, 3.8) is 0 Å². The van der Waals surface area contributed by atoms with Crippen LogP contribution < -0.4 is 5.32 Å². The van der Waals surface area contributed by atoms with Crippen molar-refractivity contribution in [3.8, 4) is 0 Å². The van der Waals surface area contributed by atoms with Gasteiger partial charge in [0.25, 0.3) is 5.91 Å². The number of hydrogen-bond donors (Lipinski definition) is 1. The van der Waals surface area contributed by atoms with E-state index < -0.39 is 23.8 Å². The molecular weight excluding hydrogens is 380 g/mol. The fourth-order valence-corrected chi connectivity index (χ4v) is 2.24. The smallest absolute Gasteiger partial charge is 0.338 e. The number of anilines is 1. The van der Waals surface area contributed by atoms with E-state index in [2.05, 4.69) is 5.32 Å². The summed E-state index contributed by atoms with van der Waals surface area (Å²) < 4.78 is 18.0. The van der Waals surface area contributed by atoms with Crippen molar-refractivity contribution in [1.29, 1.82) is 0 Å². The molecule has 24 heavy (non-hydrogen) atoms. The molecule has 0 radical (unpaired) electrons. The van der Waals surface area contributed by atoms with Gasteiger partial charge in [-0.1, -0.05) is 34.8 Å². The van der Waals surface area contributed by atoms with Crippen LogP contribution in [-0.4, -0.2) is 18.0 Å². The molecule has 2 aromatic rings. The molecule has 126 valence electrons. The fourth-order valence-electron chi connectivity index (χ4n) is 1.73. The SMILES string of the molecule is C[C@@H](OC(=O)c1ccc(Cl)c(Cl)c1)C(=O)Nc1ccc(F)cc1Cl. The third-order valence-electron chi connectivity index (χ3n) is 3.00. The van der Waals surface area contributed by atoms with E-state index in [-0.39, 0.29) is 21.3 Å². The molecule has 0 bridgehead atoms. The molecule has 4 nitrogen and oxygen atoms in total. The Bertz CT molecular complexity index is 798. The molecule has 8 heteroatoms. The minimum absolute atomic E-state index is 0.0337. The van der Waals surface area contributed by atoms with Crippen molar-refractivity contribution in [2.45, 2.75) is 13.0 Å². The minimum atomic E-state index is -1.10. The topological polar surface area (TPSA) is 55.4 Å². The predicted octanol–water partition coefficient (Wildman–Crippen LogP) is 4.97. The van der Waals surface area contributed by atoms with Gasteiger partial charge in [0.05, 0.1) is 26.3 Å². The summed E-state index contributed by atoms with van der Waals surface area (Å²) in [5, 5.41) is 2.98. The largest absolute Gasteiger partial charge is 0.449 e.